The quantitative estimate of drug-likeness (QED) is 0.828. The molecule has 1 atom stereocenters. The van der Waals surface area contributed by atoms with Crippen LogP contribution in [0.2, 0.25) is 0 Å². The molecule has 0 aromatic heterocycles. The summed E-state index contributed by atoms with van der Waals surface area (Å²) in [5.41, 5.74) is 6.61. The number of nitrogens with two attached hydrogens (primary N) is 1. The van der Waals surface area contributed by atoms with Gasteiger partial charge in [-0.25, -0.2) is 4.39 Å². The Labute approximate surface area is 85.3 Å². The highest BCUT2D eigenvalue weighted by Gasteiger charge is 2.05. The normalized spacial score (nSPS) is 13.0. The molecule has 0 aliphatic heterocycles. The van der Waals surface area contributed by atoms with Gasteiger partial charge in [-0.3, -0.25) is 0 Å². The first-order chi connectivity index (χ1) is 5.65. The van der Waals surface area contributed by atoms with Gasteiger partial charge in [-0.15, -0.1) is 0 Å². The summed E-state index contributed by atoms with van der Waals surface area (Å²) in [5, 5.41) is 0. The fourth-order valence-electron chi connectivity index (χ4n) is 0.979. The molecule has 0 unspecified atom stereocenters. The summed E-state index contributed by atoms with van der Waals surface area (Å²) in [4.78, 5) is 0. The first kappa shape index (κ1) is 9.92. The molecule has 0 spiro atoms. The molecule has 0 amide bonds. The molecule has 66 valence electrons. The average Bonchev–Trinajstić information content (AvgIpc) is 2.08. The molecule has 1 aromatic carbocycles. The van der Waals surface area contributed by atoms with E-state index in [1.807, 2.05) is 35.6 Å². The lowest BCUT2D eigenvalue weighted by atomic mass is 10.1. The third-order valence-corrected chi connectivity index (χ3v) is 2.69. The predicted molar refractivity (Wildman–Crippen MR) is 56.3 cm³/mol. The fourth-order valence-corrected chi connectivity index (χ4v) is 1.31. The first-order valence-electron chi connectivity index (χ1n) is 3.85. The molecular weight excluding hydrogens is 268 g/mol. The Bertz CT molecular complexity index is 275. The molecule has 0 fully saturated rings. The van der Waals surface area contributed by atoms with Gasteiger partial charge in [0.1, 0.15) is 5.82 Å². The van der Waals surface area contributed by atoms with Gasteiger partial charge in [-0.05, 0) is 46.7 Å². The molecule has 0 heterocycles. The highest BCUT2D eigenvalue weighted by atomic mass is 127. The smallest absolute Gasteiger partial charge is 0.136 e. The van der Waals surface area contributed by atoms with Crippen molar-refractivity contribution in [3.05, 3.63) is 33.1 Å². The average molecular weight is 279 g/mol. The zero-order valence-corrected chi connectivity index (χ0v) is 9.01. The van der Waals surface area contributed by atoms with Crippen LogP contribution in [0.25, 0.3) is 0 Å². The third kappa shape index (κ3) is 2.17. The molecule has 0 saturated heterocycles. The molecule has 0 aliphatic rings. The summed E-state index contributed by atoms with van der Waals surface area (Å²) in [7, 11) is 0. The van der Waals surface area contributed by atoms with Gasteiger partial charge in [0.2, 0.25) is 0 Å². The van der Waals surface area contributed by atoms with Crippen LogP contribution in [0.4, 0.5) is 4.39 Å². The van der Waals surface area contributed by atoms with Crippen LogP contribution >= 0.6 is 22.6 Å². The van der Waals surface area contributed by atoms with Crippen LogP contribution in [0.1, 0.15) is 24.9 Å². The second kappa shape index (κ2) is 4.18. The van der Waals surface area contributed by atoms with E-state index in [0.717, 1.165) is 12.0 Å². The van der Waals surface area contributed by atoms with Crippen LogP contribution in [0.15, 0.2) is 18.2 Å². The summed E-state index contributed by atoms with van der Waals surface area (Å²) in [5.74, 6) is -0.183. The van der Waals surface area contributed by atoms with Crippen LogP contribution in [0, 0.1) is 9.39 Å². The van der Waals surface area contributed by atoms with E-state index >= 15 is 0 Å². The van der Waals surface area contributed by atoms with Crippen LogP contribution in [-0.2, 0) is 0 Å². The molecule has 12 heavy (non-hydrogen) atoms. The predicted octanol–water partition coefficient (Wildman–Crippen LogP) is 2.84. The minimum absolute atomic E-state index is 0.0449. The van der Waals surface area contributed by atoms with Gasteiger partial charge >= 0.3 is 0 Å². The standard InChI is InChI=1S/C9H11FIN/c1-2-9(12)6-3-4-8(11)7(10)5-6/h3-5,9H,2,12H2,1H3/t9-/m0/s1. The van der Waals surface area contributed by atoms with Crippen molar-refractivity contribution in [2.45, 2.75) is 19.4 Å². The number of hydrogen-bond donors (Lipinski definition) is 1. The van der Waals surface area contributed by atoms with Crippen molar-refractivity contribution in [2.24, 2.45) is 5.73 Å². The van der Waals surface area contributed by atoms with Gasteiger partial charge in [0.25, 0.3) is 0 Å². The van der Waals surface area contributed by atoms with Crippen molar-refractivity contribution in [1.82, 2.24) is 0 Å². The van der Waals surface area contributed by atoms with Gasteiger partial charge < -0.3 is 5.73 Å². The van der Waals surface area contributed by atoms with E-state index in [0.29, 0.717) is 3.57 Å². The Kier molecular flexibility index (Phi) is 3.46. The van der Waals surface area contributed by atoms with Gasteiger partial charge in [0.15, 0.2) is 0 Å². The Morgan fingerprint density at radius 3 is 2.75 bits per heavy atom. The SMILES string of the molecule is CC[C@H](N)c1ccc(I)c(F)c1. The molecular formula is C9H11FIN. The van der Waals surface area contributed by atoms with Crippen molar-refractivity contribution in [2.75, 3.05) is 0 Å². The molecule has 3 heteroatoms. The second-order valence-corrected chi connectivity index (χ2v) is 3.85. The molecule has 0 saturated carbocycles. The Morgan fingerprint density at radius 2 is 2.25 bits per heavy atom. The molecule has 0 radical (unpaired) electrons. The largest absolute Gasteiger partial charge is 0.324 e. The topological polar surface area (TPSA) is 26.0 Å². The number of halogens is 2. The summed E-state index contributed by atoms with van der Waals surface area (Å²) >= 11 is 1.96. The lowest BCUT2D eigenvalue weighted by Crippen LogP contribution is -2.08. The van der Waals surface area contributed by atoms with Crippen LogP contribution in [0.5, 0.6) is 0 Å². The van der Waals surface area contributed by atoms with Gasteiger partial charge in [-0.2, -0.15) is 0 Å². The minimum atomic E-state index is -0.183. The maximum Gasteiger partial charge on any atom is 0.136 e. The van der Waals surface area contributed by atoms with E-state index in [9.17, 15) is 4.39 Å². The maximum absolute atomic E-state index is 13.0. The van der Waals surface area contributed by atoms with E-state index in [2.05, 4.69) is 0 Å². The Hall–Kier alpha value is -0.160. The summed E-state index contributed by atoms with van der Waals surface area (Å²) < 4.78 is 13.7. The Morgan fingerprint density at radius 1 is 1.58 bits per heavy atom. The van der Waals surface area contributed by atoms with Crippen LogP contribution in [0.3, 0.4) is 0 Å². The van der Waals surface area contributed by atoms with Crippen molar-refractivity contribution < 1.29 is 4.39 Å². The van der Waals surface area contributed by atoms with E-state index in [1.165, 1.54) is 6.07 Å². The molecule has 1 rings (SSSR count). The highest BCUT2D eigenvalue weighted by Crippen LogP contribution is 2.18. The lowest BCUT2D eigenvalue weighted by Gasteiger charge is -2.08. The van der Waals surface area contributed by atoms with E-state index in [1.54, 1.807) is 6.07 Å². The van der Waals surface area contributed by atoms with Crippen molar-refractivity contribution >= 4 is 22.6 Å². The van der Waals surface area contributed by atoms with Gasteiger partial charge in [0, 0.05) is 9.61 Å². The van der Waals surface area contributed by atoms with Gasteiger partial charge in [-0.1, -0.05) is 13.0 Å². The van der Waals surface area contributed by atoms with Crippen molar-refractivity contribution in [3.8, 4) is 0 Å². The third-order valence-electron chi connectivity index (χ3n) is 1.81. The molecule has 1 aromatic rings. The summed E-state index contributed by atoms with van der Waals surface area (Å²) in [6.07, 6.45) is 0.833. The molecule has 0 bridgehead atoms. The van der Waals surface area contributed by atoms with Crippen molar-refractivity contribution in [3.63, 3.8) is 0 Å². The number of benzene rings is 1. The highest BCUT2D eigenvalue weighted by molar-refractivity contribution is 14.1. The maximum atomic E-state index is 13.0. The van der Waals surface area contributed by atoms with E-state index < -0.39 is 0 Å². The molecule has 2 N–H and O–H groups in total. The monoisotopic (exact) mass is 279 g/mol. The van der Waals surface area contributed by atoms with Crippen LogP contribution in [-0.4, -0.2) is 0 Å². The van der Waals surface area contributed by atoms with Crippen molar-refractivity contribution in [1.29, 1.82) is 0 Å². The molecule has 1 nitrogen and oxygen atoms in total. The fraction of sp³-hybridized carbons (Fsp3) is 0.333. The molecule has 0 aliphatic carbocycles. The summed E-state index contributed by atoms with van der Waals surface area (Å²) in [6, 6.07) is 5.09. The van der Waals surface area contributed by atoms with Crippen LogP contribution < -0.4 is 5.73 Å². The summed E-state index contributed by atoms with van der Waals surface area (Å²) in [6.45, 7) is 1.99. The minimum Gasteiger partial charge on any atom is -0.324 e. The zero-order valence-electron chi connectivity index (χ0n) is 6.85. The second-order valence-electron chi connectivity index (χ2n) is 2.69. The first-order valence-corrected chi connectivity index (χ1v) is 4.93. The Balaban J connectivity index is 2.96. The lowest BCUT2D eigenvalue weighted by molar-refractivity contribution is 0.609. The zero-order chi connectivity index (χ0) is 9.14. The van der Waals surface area contributed by atoms with E-state index in [4.69, 9.17) is 5.73 Å². The van der Waals surface area contributed by atoms with Gasteiger partial charge in [0.05, 0.1) is 0 Å². The van der Waals surface area contributed by atoms with E-state index in [-0.39, 0.29) is 11.9 Å². The number of hydrogen-bond acceptors (Lipinski definition) is 1. The number of rotatable bonds is 2.